The number of carbonyl (C=O) groups excluding carboxylic acids is 2. The second-order valence-corrected chi connectivity index (χ2v) is 6.52. The fourth-order valence-electron chi connectivity index (χ4n) is 3.21. The normalized spacial score (nSPS) is 11.6. The van der Waals surface area contributed by atoms with E-state index >= 15 is 0 Å². The van der Waals surface area contributed by atoms with Crippen LogP contribution in [0.2, 0.25) is 0 Å². The summed E-state index contributed by atoms with van der Waals surface area (Å²) in [6, 6.07) is 27.5. The quantitative estimate of drug-likeness (QED) is 0.483. The third-order valence-corrected chi connectivity index (χ3v) is 4.61. The Kier molecular flexibility index (Phi) is 6.71. The molecule has 4 nitrogen and oxygen atoms in total. The number of rotatable bonds is 8. The first-order chi connectivity index (χ1) is 13.7. The van der Waals surface area contributed by atoms with Crippen molar-refractivity contribution >= 4 is 17.4 Å². The Bertz CT molecular complexity index is 895. The van der Waals surface area contributed by atoms with Gasteiger partial charge in [-0.15, -0.1) is 0 Å². The molecule has 3 aromatic rings. The van der Waals surface area contributed by atoms with Gasteiger partial charge in [0.15, 0.2) is 5.78 Å². The number of aliphatic hydroxyl groups excluding tert-OH is 1. The van der Waals surface area contributed by atoms with Crippen LogP contribution in [0, 0.1) is 5.92 Å². The highest BCUT2D eigenvalue weighted by Crippen LogP contribution is 2.22. The molecule has 1 N–H and O–H groups in total. The molecule has 28 heavy (non-hydrogen) atoms. The molecule has 0 bridgehead atoms. The number of nitrogens with zero attached hydrogens (tertiary/aromatic N) is 1. The molecule has 4 heteroatoms. The summed E-state index contributed by atoms with van der Waals surface area (Å²) in [5, 5.41) is 9.50. The van der Waals surface area contributed by atoms with Gasteiger partial charge in [0.25, 0.3) is 0 Å². The van der Waals surface area contributed by atoms with Gasteiger partial charge in [-0.2, -0.15) is 0 Å². The summed E-state index contributed by atoms with van der Waals surface area (Å²) in [5.41, 5.74) is 2.09. The van der Waals surface area contributed by atoms with Crippen LogP contribution in [0.1, 0.15) is 15.9 Å². The van der Waals surface area contributed by atoms with Crippen molar-refractivity contribution in [2.75, 3.05) is 18.1 Å². The molecule has 0 saturated heterocycles. The maximum absolute atomic E-state index is 13.4. The lowest BCUT2D eigenvalue weighted by Crippen LogP contribution is -2.42. The molecule has 142 valence electrons. The highest BCUT2D eigenvalue weighted by Gasteiger charge is 2.32. The largest absolute Gasteiger partial charge is 0.395 e. The second-order valence-electron chi connectivity index (χ2n) is 6.52. The first kappa shape index (κ1) is 19.5. The van der Waals surface area contributed by atoms with Gasteiger partial charge in [0, 0.05) is 17.8 Å². The Hall–Kier alpha value is -3.24. The van der Waals surface area contributed by atoms with Crippen molar-refractivity contribution in [2.24, 2.45) is 5.92 Å². The average Bonchev–Trinajstić information content (AvgIpc) is 2.77. The summed E-state index contributed by atoms with van der Waals surface area (Å²) in [7, 11) is 0. The maximum atomic E-state index is 13.4. The second kappa shape index (κ2) is 9.62. The Morgan fingerprint density at radius 1 is 0.786 bits per heavy atom. The molecule has 1 unspecified atom stereocenters. The van der Waals surface area contributed by atoms with Crippen molar-refractivity contribution in [2.45, 2.75) is 6.42 Å². The number of anilines is 1. The average molecular weight is 373 g/mol. The van der Waals surface area contributed by atoms with E-state index in [9.17, 15) is 14.7 Å². The van der Waals surface area contributed by atoms with Crippen molar-refractivity contribution in [3.63, 3.8) is 0 Å². The van der Waals surface area contributed by atoms with Gasteiger partial charge in [0.2, 0.25) is 5.91 Å². The van der Waals surface area contributed by atoms with Crippen LogP contribution in [0.5, 0.6) is 0 Å². The molecular formula is C24H23NO3. The zero-order chi connectivity index (χ0) is 19.8. The van der Waals surface area contributed by atoms with Crippen LogP contribution in [-0.4, -0.2) is 29.9 Å². The number of ketones is 1. The number of amides is 1. The highest BCUT2D eigenvalue weighted by molar-refractivity contribution is 6.14. The van der Waals surface area contributed by atoms with E-state index in [0.29, 0.717) is 17.7 Å². The molecule has 1 amide bonds. The lowest BCUT2D eigenvalue weighted by molar-refractivity contribution is -0.121. The lowest BCUT2D eigenvalue weighted by Gasteiger charge is -2.26. The molecule has 0 aliphatic carbocycles. The van der Waals surface area contributed by atoms with Crippen LogP contribution < -0.4 is 4.90 Å². The van der Waals surface area contributed by atoms with E-state index < -0.39 is 5.92 Å². The van der Waals surface area contributed by atoms with Gasteiger partial charge < -0.3 is 10.0 Å². The van der Waals surface area contributed by atoms with E-state index in [1.807, 2.05) is 54.6 Å². The van der Waals surface area contributed by atoms with Crippen molar-refractivity contribution in [3.8, 4) is 0 Å². The molecule has 0 radical (unpaired) electrons. The predicted octanol–water partition coefficient (Wildman–Crippen LogP) is 3.75. The first-order valence-electron chi connectivity index (χ1n) is 9.31. The highest BCUT2D eigenvalue weighted by atomic mass is 16.3. The van der Waals surface area contributed by atoms with Gasteiger partial charge in [-0.1, -0.05) is 78.9 Å². The molecule has 1 atom stereocenters. The smallest absolute Gasteiger partial charge is 0.238 e. The fourth-order valence-corrected chi connectivity index (χ4v) is 3.21. The summed E-state index contributed by atoms with van der Waals surface area (Å²) in [6.45, 7) is -0.0472. The molecule has 0 heterocycles. The third kappa shape index (κ3) is 4.72. The monoisotopic (exact) mass is 373 g/mol. The Morgan fingerprint density at radius 3 is 1.89 bits per heavy atom. The van der Waals surface area contributed by atoms with Gasteiger partial charge in [0.1, 0.15) is 5.92 Å². The number of Topliss-reactive ketones (excluding diaryl/α,β-unsaturated/α-hetero) is 1. The van der Waals surface area contributed by atoms with E-state index in [0.717, 1.165) is 5.56 Å². The summed E-state index contributed by atoms with van der Waals surface area (Å²) < 4.78 is 0. The fraction of sp³-hybridized carbons (Fsp3) is 0.167. The van der Waals surface area contributed by atoms with Crippen molar-refractivity contribution < 1.29 is 14.7 Å². The van der Waals surface area contributed by atoms with E-state index in [-0.39, 0.29) is 24.8 Å². The topological polar surface area (TPSA) is 57.6 Å². The molecular weight excluding hydrogens is 350 g/mol. The van der Waals surface area contributed by atoms with Crippen LogP contribution >= 0.6 is 0 Å². The minimum Gasteiger partial charge on any atom is -0.395 e. The summed E-state index contributed by atoms with van der Waals surface area (Å²) >= 11 is 0. The molecule has 0 saturated carbocycles. The lowest BCUT2D eigenvalue weighted by atomic mass is 9.89. The number of hydrogen-bond donors (Lipinski definition) is 1. The van der Waals surface area contributed by atoms with Crippen LogP contribution in [0.3, 0.4) is 0 Å². The van der Waals surface area contributed by atoms with Gasteiger partial charge >= 0.3 is 0 Å². The molecule has 0 aliphatic rings. The molecule has 0 spiro atoms. The van der Waals surface area contributed by atoms with Crippen molar-refractivity contribution in [3.05, 3.63) is 102 Å². The number of para-hydroxylation sites is 1. The summed E-state index contributed by atoms with van der Waals surface area (Å²) in [6.07, 6.45) is 0.308. The Morgan fingerprint density at radius 2 is 1.32 bits per heavy atom. The van der Waals surface area contributed by atoms with Crippen LogP contribution in [0.25, 0.3) is 0 Å². The maximum Gasteiger partial charge on any atom is 0.238 e. The van der Waals surface area contributed by atoms with Crippen molar-refractivity contribution in [1.82, 2.24) is 0 Å². The van der Waals surface area contributed by atoms with E-state index in [1.54, 1.807) is 36.4 Å². The van der Waals surface area contributed by atoms with Gasteiger partial charge in [-0.25, -0.2) is 0 Å². The number of hydrogen-bond acceptors (Lipinski definition) is 3. The number of benzene rings is 3. The molecule has 0 fully saturated rings. The van der Waals surface area contributed by atoms with E-state index in [1.165, 1.54) is 4.90 Å². The first-order valence-corrected chi connectivity index (χ1v) is 9.31. The minimum absolute atomic E-state index is 0.135. The SMILES string of the molecule is O=C(c1ccccc1)C(Cc1ccccc1)C(=O)N(CCO)c1ccccc1. The summed E-state index contributed by atoms with van der Waals surface area (Å²) in [5.74, 6) is -1.39. The molecule has 3 rings (SSSR count). The van der Waals surface area contributed by atoms with E-state index in [4.69, 9.17) is 0 Å². The standard InChI is InChI=1S/C24H23NO3/c26-17-16-25(21-14-8-3-9-15-21)24(28)22(18-19-10-4-1-5-11-19)23(27)20-12-6-2-7-13-20/h1-15,22,26H,16-18H2. The number of carbonyl (C=O) groups is 2. The number of aliphatic hydroxyl groups is 1. The summed E-state index contributed by atoms with van der Waals surface area (Å²) in [4.78, 5) is 28.2. The molecule has 0 aliphatic heterocycles. The van der Waals surface area contributed by atoms with Gasteiger partial charge in [-0.05, 0) is 24.1 Å². The Balaban J connectivity index is 1.96. The van der Waals surface area contributed by atoms with Crippen LogP contribution in [0.15, 0.2) is 91.0 Å². The van der Waals surface area contributed by atoms with Crippen LogP contribution in [0.4, 0.5) is 5.69 Å². The van der Waals surface area contributed by atoms with Gasteiger partial charge in [0.05, 0.1) is 6.61 Å². The molecule has 3 aromatic carbocycles. The predicted molar refractivity (Wildman–Crippen MR) is 110 cm³/mol. The Labute approximate surface area is 165 Å². The minimum atomic E-state index is -0.864. The van der Waals surface area contributed by atoms with Crippen LogP contribution in [-0.2, 0) is 11.2 Å². The van der Waals surface area contributed by atoms with Gasteiger partial charge in [-0.3, -0.25) is 9.59 Å². The zero-order valence-corrected chi connectivity index (χ0v) is 15.6. The third-order valence-electron chi connectivity index (χ3n) is 4.61. The van der Waals surface area contributed by atoms with Crippen molar-refractivity contribution in [1.29, 1.82) is 0 Å². The molecule has 0 aromatic heterocycles. The van der Waals surface area contributed by atoms with E-state index in [2.05, 4.69) is 0 Å². The zero-order valence-electron chi connectivity index (χ0n) is 15.6.